The van der Waals surface area contributed by atoms with Gasteiger partial charge in [-0.05, 0) is 51.0 Å². The van der Waals surface area contributed by atoms with Gasteiger partial charge in [0.1, 0.15) is 0 Å². The fraction of sp³-hybridized carbons (Fsp3) is 0.667. The molecular formula is C21H35NO3S. The minimum atomic E-state index is 0.0368. The third kappa shape index (κ3) is 7.68. The molecule has 0 unspecified atom stereocenters. The number of thioether (sulfide) groups is 1. The van der Waals surface area contributed by atoms with Crippen LogP contribution in [-0.2, 0) is 9.47 Å². The van der Waals surface area contributed by atoms with Crippen LogP contribution < -0.4 is 0 Å². The van der Waals surface area contributed by atoms with E-state index in [-0.39, 0.29) is 10.7 Å². The molecule has 0 saturated carbocycles. The number of carbonyl (C=O) groups is 1. The Morgan fingerprint density at radius 1 is 0.962 bits per heavy atom. The molecule has 0 fully saturated rings. The van der Waals surface area contributed by atoms with E-state index in [0.717, 1.165) is 18.4 Å². The zero-order chi connectivity index (χ0) is 19.4. The van der Waals surface area contributed by atoms with Gasteiger partial charge in [0, 0.05) is 41.5 Å². The number of rotatable bonds is 13. The molecule has 0 radical (unpaired) electrons. The van der Waals surface area contributed by atoms with Crippen molar-refractivity contribution in [3.05, 3.63) is 29.8 Å². The maximum Gasteiger partial charge on any atom is 0.254 e. The van der Waals surface area contributed by atoms with Crippen LogP contribution in [-0.4, -0.2) is 55.1 Å². The molecule has 0 saturated heterocycles. The second-order valence-electron chi connectivity index (χ2n) is 6.47. The highest BCUT2D eigenvalue weighted by Gasteiger charge is 2.21. The SMILES string of the molecule is CCOCCN(CCOCC)C(=O)c1ccc(SC(C)(CC)CC)cc1. The minimum Gasteiger partial charge on any atom is -0.380 e. The zero-order valence-electron chi connectivity index (χ0n) is 17.0. The molecule has 4 nitrogen and oxygen atoms in total. The molecule has 0 bridgehead atoms. The van der Waals surface area contributed by atoms with Gasteiger partial charge in [-0.1, -0.05) is 20.8 Å². The number of carbonyl (C=O) groups excluding carboxylic acids is 1. The van der Waals surface area contributed by atoms with Gasteiger partial charge >= 0.3 is 0 Å². The second kappa shape index (κ2) is 12.4. The van der Waals surface area contributed by atoms with E-state index < -0.39 is 0 Å². The monoisotopic (exact) mass is 381 g/mol. The smallest absolute Gasteiger partial charge is 0.254 e. The van der Waals surface area contributed by atoms with Crippen molar-refractivity contribution in [1.29, 1.82) is 0 Å². The first kappa shape index (κ1) is 23.0. The van der Waals surface area contributed by atoms with Crippen molar-refractivity contribution in [2.75, 3.05) is 39.5 Å². The van der Waals surface area contributed by atoms with Gasteiger partial charge in [-0.25, -0.2) is 0 Å². The van der Waals surface area contributed by atoms with Crippen molar-refractivity contribution < 1.29 is 14.3 Å². The van der Waals surface area contributed by atoms with Gasteiger partial charge in [-0.3, -0.25) is 4.79 Å². The van der Waals surface area contributed by atoms with Crippen LogP contribution in [0.2, 0.25) is 0 Å². The van der Waals surface area contributed by atoms with E-state index in [2.05, 4.69) is 32.9 Å². The van der Waals surface area contributed by atoms with Gasteiger partial charge in [-0.2, -0.15) is 0 Å². The molecule has 1 amide bonds. The molecule has 1 aromatic rings. The summed E-state index contributed by atoms with van der Waals surface area (Å²) in [5, 5.41) is 0. The first-order valence-electron chi connectivity index (χ1n) is 9.73. The molecular weight excluding hydrogens is 346 g/mol. The van der Waals surface area contributed by atoms with Crippen molar-refractivity contribution in [2.24, 2.45) is 0 Å². The number of benzene rings is 1. The third-order valence-electron chi connectivity index (χ3n) is 4.67. The summed E-state index contributed by atoms with van der Waals surface area (Å²) in [4.78, 5) is 15.9. The van der Waals surface area contributed by atoms with Gasteiger partial charge < -0.3 is 14.4 Å². The lowest BCUT2D eigenvalue weighted by Crippen LogP contribution is -2.36. The highest BCUT2D eigenvalue weighted by molar-refractivity contribution is 8.00. The topological polar surface area (TPSA) is 38.8 Å². The summed E-state index contributed by atoms with van der Waals surface area (Å²) in [6.45, 7) is 14.2. The number of hydrogen-bond acceptors (Lipinski definition) is 4. The van der Waals surface area contributed by atoms with Crippen LogP contribution in [0, 0.1) is 0 Å². The molecule has 26 heavy (non-hydrogen) atoms. The van der Waals surface area contributed by atoms with E-state index in [0.29, 0.717) is 39.5 Å². The summed E-state index contributed by atoms with van der Waals surface area (Å²) in [5.74, 6) is 0.0368. The van der Waals surface area contributed by atoms with Gasteiger partial charge in [0.25, 0.3) is 5.91 Å². The predicted octanol–water partition coefficient (Wildman–Crippen LogP) is 4.87. The number of ether oxygens (including phenoxy) is 2. The van der Waals surface area contributed by atoms with Gasteiger partial charge in [0.05, 0.1) is 13.2 Å². The summed E-state index contributed by atoms with van der Waals surface area (Å²) in [5.41, 5.74) is 0.719. The fourth-order valence-electron chi connectivity index (χ4n) is 2.48. The Kier molecular flexibility index (Phi) is 10.9. The fourth-order valence-corrected chi connectivity index (χ4v) is 3.61. The van der Waals surface area contributed by atoms with Crippen molar-refractivity contribution >= 4 is 17.7 Å². The lowest BCUT2D eigenvalue weighted by molar-refractivity contribution is 0.0550. The van der Waals surface area contributed by atoms with Crippen LogP contribution in [0.4, 0.5) is 0 Å². The van der Waals surface area contributed by atoms with Crippen LogP contribution >= 0.6 is 11.8 Å². The van der Waals surface area contributed by atoms with Crippen LogP contribution in [0.3, 0.4) is 0 Å². The van der Waals surface area contributed by atoms with Crippen LogP contribution in [0.1, 0.15) is 57.8 Å². The van der Waals surface area contributed by atoms with E-state index in [9.17, 15) is 4.79 Å². The Bertz CT molecular complexity index is 504. The first-order chi connectivity index (χ1) is 12.5. The zero-order valence-corrected chi connectivity index (χ0v) is 17.9. The Balaban J connectivity index is 2.76. The number of amides is 1. The number of hydrogen-bond donors (Lipinski definition) is 0. The Hall–Kier alpha value is -1.04. The summed E-state index contributed by atoms with van der Waals surface area (Å²) < 4.78 is 11.1. The van der Waals surface area contributed by atoms with Crippen molar-refractivity contribution in [1.82, 2.24) is 4.90 Å². The predicted molar refractivity (Wildman–Crippen MR) is 110 cm³/mol. The lowest BCUT2D eigenvalue weighted by atomic mass is 10.1. The molecule has 5 heteroatoms. The molecule has 0 spiro atoms. The Morgan fingerprint density at radius 3 is 1.88 bits per heavy atom. The molecule has 0 aromatic heterocycles. The molecule has 0 aliphatic heterocycles. The molecule has 1 rings (SSSR count). The number of nitrogens with zero attached hydrogens (tertiary/aromatic N) is 1. The molecule has 0 N–H and O–H groups in total. The Labute approximate surface area is 163 Å². The van der Waals surface area contributed by atoms with Crippen molar-refractivity contribution in [3.8, 4) is 0 Å². The summed E-state index contributed by atoms with van der Waals surface area (Å²) in [7, 11) is 0. The molecule has 0 heterocycles. The second-order valence-corrected chi connectivity index (χ2v) is 8.13. The molecule has 0 atom stereocenters. The standard InChI is InChI=1S/C21H35NO3S/c1-6-21(5,7-2)26-19-12-10-18(11-13-19)20(23)22(14-16-24-8-3)15-17-25-9-4/h10-13H,6-9,14-17H2,1-5H3. The van der Waals surface area contributed by atoms with Gasteiger partial charge in [0.15, 0.2) is 0 Å². The molecule has 148 valence electrons. The lowest BCUT2D eigenvalue weighted by Gasteiger charge is -2.26. The normalized spacial score (nSPS) is 11.6. The quantitative estimate of drug-likeness (QED) is 0.361. The van der Waals surface area contributed by atoms with E-state index in [1.165, 1.54) is 4.90 Å². The average molecular weight is 382 g/mol. The van der Waals surface area contributed by atoms with Crippen LogP contribution in [0.25, 0.3) is 0 Å². The minimum absolute atomic E-state index is 0.0368. The summed E-state index contributed by atoms with van der Waals surface area (Å²) >= 11 is 1.89. The summed E-state index contributed by atoms with van der Waals surface area (Å²) in [6, 6.07) is 7.99. The largest absolute Gasteiger partial charge is 0.380 e. The highest BCUT2D eigenvalue weighted by Crippen LogP contribution is 2.37. The summed E-state index contributed by atoms with van der Waals surface area (Å²) in [6.07, 6.45) is 2.25. The van der Waals surface area contributed by atoms with E-state index >= 15 is 0 Å². The maximum absolute atomic E-state index is 12.9. The van der Waals surface area contributed by atoms with Crippen LogP contribution in [0.5, 0.6) is 0 Å². The van der Waals surface area contributed by atoms with Crippen molar-refractivity contribution in [3.63, 3.8) is 0 Å². The first-order valence-corrected chi connectivity index (χ1v) is 10.5. The molecule has 0 aliphatic carbocycles. The van der Waals surface area contributed by atoms with Gasteiger partial charge in [-0.15, -0.1) is 11.8 Å². The van der Waals surface area contributed by atoms with Crippen LogP contribution in [0.15, 0.2) is 29.2 Å². The average Bonchev–Trinajstić information content (AvgIpc) is 2.67. The molecule has 0 aliphatic rings. The highest BCUT2D eigenvalue weighted by atomic mass is 32.2. The van der Waals surface area contributed by atoms with E-state index in [1.807, 2.05) is 42.6 Å². The van der Waals surface area contributed by atoms with Gasteiger partial charge in [0.2, 0.25) is 0 Å². The molecule has 1 aromatic carbocycles. The van der Waals surface area contributed by atoms with E-state index in [1.54, 1.807) is 0 Å². The Morgan fingerprint density at radius 2 is 1.46 bits per heavy atom. The third-order valence-corrected chi connectivity index (χ3v) is 6.25. The van der Waals surface area contributed by atoms with E-state index in [4.69, 9.17) is 9.47 Å². The van der Waals surface area contributed by atoms with Crippen molar-refractivity contribution in [2.45, 2.75) is 57.1 Å². The maximum atomic E-state index is 12.9.